The largest absolute Gasteiger partial charge is 0.396 e. The highest BCUT2D eigenvalue weighted by atomic mass is 79.9. The fraction of sp³-hybridized carbons (Fsp3) is 0.571. The van der Waals surface area contributed by atoms with Gasteiger partial charge >= 0.3 is 0 Å². The van der Waals surface area contributed by atoms with E-state index in [0.717, 1.165) is 29.4 Å². The second-order valence-electron chi connectivity index (χ2n) is 5.14. The van der Waals surface area contributed by atoms with Crippen LogP contribution >= 0.6 is 15.9 Å². The van der Waals surface area contributed by atoms with Crippen molar-refractivity contribution in [1.82, 2.24) is 4.90 Å². The lowest BCUT2D eigenvalue weighted by molar-refractivity contribution is 0.0763. The first kappa shape index (κ1) is 14.0. The molecule has 1 aromatic carbocycles. The number of halogens is 2. The fourth-order valence-corrected chi connectivity index (χ4v) is 2.92. The SMILES string of the molecule is CC1CCC(CO)CN1Cc1cc(Br)ccc1F. The number of rotatable bonds is 3. The van der Waals surface area contributed by atoms with Crippen LogP contribution in [0.5, 0.6) is 0 Å². The summed E-state index contributed by atoms with van der Waals surface area (Å²) in [5.74, 6) is 0.174. The summed E-state index contributed by atoms with van der Waals surface area (Å²) >= 11 is 3.38. The van der Waals surface area contributed by atoms with Crippen LogP contribution in [0.1, 0.15) is 25.3 Å². The minimum Gasteiger partial charge on any atom is -0.396 e. The molecule has 1 aliphatic rings. The number of hydrogen-bond donors (Lipinski definition) is 1. The van der Waals surface area contributed by atoms with Crippen molar-refractivity contribution in [2.24, 2.45) is 5.92 Å². The molecule has 100 valence electrons. The average Bonchev–Trinajstić information content (AvgIpc) is 2.36. The van der Waals surface area contributed by atoms with Crippen molar-refractivity contribution in [2.45, 2.75) is 32.4 Å². The number of aliphatic hydroxyl groups excluding tert-OH is 1. The number of hydrogen-bond acceptors (Lipinski definition) is 2. The molecule has 1 aliphatic heterocycles. The van der Waals surface area contributed by atoms with Crippen LogP contribution in [0.15, 0.2) is 22.7 Å². The second-order valence-corrected chi connectivity index (χ2v) is 6.06. The van der Waals surface area contributed by atoms with E-state index >= 15 is 0 Å². The van der Waals surface area contributed by atoms with Crippen LogP contribution in [-0.2, 0) is 6.54 Å². The van der Waals surface area contributed by atoms with Crippen molar-refractivity contribution in [3.63, 3.8) is 0 Å². The highest BCUT2D eigenvalue weighted by Gasteiger charge is 2.25. The predicted molar refractivity (Wildman–Crippen MR) is 73.8 cm³/mol. The quantitative estimate of drug-likeness (QED) is 0.926. The maximum atomic E-state index is 13.7. The van der Waals surface area contributed by atoms with Gasteiger partial charge < -0.3 is 5.11 Å². The van der Waals surface area contributed by atoms with Crippen LogP contribution in [0.2, 0.25) is 0 Å². The van der Waals surface area contributed by atoms with Crippen molar-refractivity contribution in [2.75, 3.05) is 13.2 Å². The zero-order valence-electron chi connectivity index (χ0n) is 10.6. The summed E-state index contributed by atoms with van der Waals surface area (Å²) in [5.41, 5.74) is 0.717. The van der Waals surface area contributed by atoms with Gasteiger partial charge in [-0.1, -0.05) is 15.9 Å². The third-order valence-electron chi connectivity index (χ3n) is 3.75. The molecule has 2 rings (SSSR count). The molecular weight excluding hydrogens is 297 g/mol. The molecule has 2 atom stereocenters. The third kappa shape index (κ3) is 3.31. The summed E-state index contributed by atoms with van der Waals surface area (Å²) in [6.07, 6.45) is 2.13. The summed E-state index contributed by atoms with van der Waals surface area (Å²) in [6, 6.07) is 5.50. The summed E-state index contributed by atoms with van der Waals surface area (Å²) in [6.45, 7) is 3.86. The van der Waals surface area contributed by atoms with Gasteiger partial charge in [0.1, 0.15) is 5.82 Å². The first-order valence-electron chi connectivity index (χ1n) is 6.39. The summed E-state index contributed by atoms with van der Waals surface area (Å²) in [7, 11) is 0. The molecule has 18 heavy (non-hydrogen) atoms. The highest BCUT2D eigenvalue weighted by Crippen LogP contribution is 2.25. The van der Waals surface area contributed by atoms with Crippen molar-refractivity contribution in [3.05, 3.63) is 34.1 Å². The van der Waals surface area contributed by atoms with Gasteiger partial charge in [-0.25, -0.2) is 4.39 Å². The zero-order chi connectivity index (χ0) is 13.1. The van der Waals surface area contributed by atoms with E-state index in [0.29, 0.717) is 18.5 Å². The third-order valence-corrected chi connectivity index (χ3v) is 4.24. The van der Waals surface area contributed by atoms with Crippen LogP contribution < -0.4 is 0 Å². The number of nitrogens with zero attached hydrogens (tertiary/aromatic N) is 1. The van der Waals surface area contributed by atoms with E-state index in [1.807, 2.05) is 6.07 Å². The molecule has 1 heterocycles. The van der Waals surface area contributed by atoms with Crippen molar-refractivity contribution in [3.8, 4) is 0 Å². The minimum atomic E-state index is -0.156. The molecule has 0 radical (unpaired) electrons. The van der Waals surface area contributed by atoms with E-state index in [4.69, 9.17) is 0 Å². The van der Waals surface area contributed by atoms with Crippen molar-refractivity contribution in [1.29, 1.82) is 0 Å². The number of aliphatic hydroxyl groups is 1. The molecular formula is C14H19BrFNO. The number of piperidine rings is 1. The van der Waals surface area contributed by atoms with Crippen molar-refractivity contribution >= 4 is 15.9 Å². The first-order valence-corrected chi connectivity index (χ1v) is 7.18. The fourth-order valence-electron chi connectivity index (χ4n) is 2.52. The molecule has 4 heteroatoms. The normalized spacial score (nSPS) is 25.3. The summed E-state index contributed by atoms with van der Waals surface area (Å²) < 4.78 is 14.6. The van der Waals surface area contributed by atoms with Crippen LogP contribution in [0, 0.1) is 11.7 Å². The van der Waals surface area contributed by atoms with Gasteiger partial charge in [0.2, 0.25) is 0 Å². The number of benzene rings is 1. The molecule has 0 saturated carbocycles. The van der Waals surface area contributed by atoms with E-state index in [2.05, 4.69) is 27.8 Å². The molecule has 2 nitrogen and oxygen atoms in total. The molecule has 0 aliphatic carbocycles. The summed E-state index contributed by atoms with van der Waals surface area (Å²) in [4.78, 5) is 2.26. The standard InChI is InChI=1S/C14H19BrFNO/c1-10-2-3-11(9-18)7-17(10)8-12-6-13(15)4-5-14(12)16/h4-6,10-11,18H,2-3,7-9H2,1H3. The van der Waals surface area contributed by atoms with Crippen LogP contribution in [-0.4, -0.2) is 29.2 Å². The van der Waals surface area contributed by atoms with E-state index in [-0.39, 0.29) is 12.4 Å². The van der Waals surface area contributed by atoms with Crippen molar-refractivity contribution < 1.29 is 9.50 Å². The van der Waals surface area contributed by atoms with Gasteiger partial charge in [-0.05, 0) is 43.9 Å². The van der Waals surface area contributed by atoms with Crippen LogP contribution in [0.4, 0.5) is 4.39 Å². The topological polar surface area (TPSA) is 23.5 Å². The lowest BCUT2D eigenvalue weighted by atomic mass is 9.93. The van der Waals surface area contributed by atoms with Gasteiger partial charge in [-0.2, -0.15) is 0 Å². The van der Waals surface area contributed by atoms with Crippen LogP contribution in [0.3, 0.4) is 0 Å². The first-order chi connectivity index (χ1) is 8.60. The Balaban J connectivity index is 2.09. The van der Waals surface area contributed by atoms with Gasteiger partial charge in [-0.15, -0.1) is 0 Å². The monoisotopic (exact) mass is 315 g/mol. The lowest BCUT2D eigenvalue weighted by Crippen LogP contribution is -2.42. The molecule has 0 bridgehead atoms. The molecule has 1 fully saturated rings. The predicted octanol–water partition coefficient (Wildman–Crippen LogP) is 3.18. The molecule has 0 amide bonds. The smallest absolute Gasteiger partial charge is 0.127 e. The Bertz CT molecular complexity index is 413. The highest BCUT2D eigenvalue weighted by molar-refractivity contribution is 9.10. The maximum Gasteiger partial charge on any atom is 0.127 e. The van der Waals surface area contributed by atoms with E-state index in [1.54, 1.807) is 6.07 Å². The Kier molecular flexibility index (Phi) is 4.76. The van der Waals surface area contributed by atoms with E-state index in [9.17, 15) is 9.50 Å². The number of likely N-dealkylation sites (tertiary alicyclic amines) is 1. The zero-order valence-corrected chi connectivity index (χ0v) is 12.2. The molecule has 1 aromatic rings. The van der Waals surface area contributed by atoms with Gasteiger partial charge in [0.05, 0.1) is 0 Å². The minimum absolute atomic E-state index is 0.156. The maximum absolute atomic E-state index is 13.7. The second kappa shape index (κ2) is 6.13. The average molecular weight is 316 g/mol. The lowest BCUT2D eigenvalue weighted by Gasteiger charge is -2.37. The molecule has 0 aromatic heterocycles. The van der Waals surface area contributed by atoms with Gasteiger partial charge in [0.25, 0.3) is 0 Å². The Morgan fingerprint density at radius 3 is 2.94 bits per heavy atom. The Labute approximate surface area is 116 Å². The van der Waals surface area contributed by atoms with E-state index < -0.39 is 0 Å². The van der Waals surface area contributed by atoms with Crippen LogP contribution in [0.25, 0.3) is 0 Å². The Morgan fingerprint density at radius 2 is 2.22 bits per heavy atom. The van der Waals surface area contributed by atoms with E-state index in [1.165, 1.54) is 6.07 Å². The van der Waals surface area contributed by atoms with Gasteiger partial charge in [0, 0.05) is 35.8 Å². The molecule has 1 N–H and O–H groups in total. The van der Waals surface area contributed by atoms with Gasteiger partial charge in [-0.3, -0.25) is 4.90 Å². The molecule has 0 spiro atoms. The Hall–Kier alpha value is -0.450. The Morgan fingerprint density at radius 1 is 1.44 bits per heavy atom. The molecule has 1 saturated heterocycles. The summed E-state index contributed by atoms with van der Waals surface area (Å²) in [5, 5.41) is 9.25. The van der Waals surface area contributed by atoms with Gasteiger partial charge in [0.15, 0.2) is 0 Å². The molecule has 2 unspecified atom stereocenters.